The van der Waals surface area contributed by atoms with E-state index in [1.165, 1.54) is 23.5 Å². The van der Waals surface area contributed by atoms with Gasteiger partial charge in [-0.3, -0.25) is 23.4 Å². The van der Waals surface area contributed by atoms with Gasteiger partial charge in [-0.1, -0.05) is 0 Å². The van der Waals surface area contributed by atoms with Crippen molar-refractivity contribution in [2.24, 2.45) is 0 Å². The molecule has 1 unspecified atom stereocenters. The Morgan fingerprint density at radius 1 is 1.43 bits per heavy atom. The van der Waals surface area contributed by atoms with Crippen molar-refractivity contribution in [1.29, 1.82) is 0 Å². The molecule has 0 spiro atoms. The molecular weight excluding hydrogens is 303 g/mol. The summed E-state index contributed by atoms with van der Waals surface area (Å²) in [5, 5.41) is 0. The molecule has 5 atom stereocenters. The third-order valence-electron chi connectivity index (χ3n) is 3.95. The molecular formula is C11H13N2O7P. The summed E-state index contributed by atoms with van der Waals surface area (Å²) in [6, 6.07) is 1.22. The molecule has 0 aromatic carbocycles. The number of nitrogens with one attached hydrogen (secondary N) is 1. The number of rotatable bonds is 1. The molecule has 4 heterocycles. The Bertz CT molecular complexity index is 757. The molecule has 0 radical (unpaired) electrons. The maximum atomic E-state index is 12.0. The van der Waals surface area contributed by atoms with Crippen molar-refractivity contribution in [2.45, 2.75) is 24.0 Å². The molecule has 2 bridgehead atoms. The van der Waals surface area contributed by atoms with Gasteiger partial charge >= 0.3 is 13.3 Å². The molecule has 0 aliphatic carbocycles. The van der Waals surface area contributed by atoms with E-state index in [0.29, 0.717) is 0 Å². The van der Waals surface area contributed by atoms with Crippen LogP contribution < -0.4 is 11.2 Å². The Balaban J connectivity index is 1.74. The zero-order valence-corrected chi connectivity index (χ0v) is 11.9. The Labute approximate surface area is 118 Å². The molecule has 1 aromatic rings. The lowest BCUT2D eigenvalue weighted by molar-refractivity contribution is -0.189. The van der Waals surface area contributed by atoms with E-state index in [1.807, 2.05) is 0 Å². The maximum Gasteiger partial charge on any atom is 0.330 e. The molecule has 3 fully saturated rings. The lowest BCUT2D eigenvalue weighted by Gasteiger charge is -2.36. The summed E-state index contributed by atoms with van der Waals surface area (Å²) in [4.78, 5) is 25.2. The van der Waals surface area contributed by atoms with Crippen LogP contribution in [-0.2, 0) is 23.1 Å². The average molecular weight is 316 g/mol. The highest BCUT2D eigenvalue weighted by Crippen LogP contribution is 2.59. The first kappa shape index (κ1) is 13.4. The predicted molar refractivity (Wildman–Crippen MR) is 68.3 cm³/mol. The van der Waals surface area contributed by atoms with Gasteiger partial charge in [0, 0.05) is 18.9 Å². The van der Waals surface area contributed by atoms with Crippen LogP contribution in [0.2, 0.25) is 0 Å². The molecule has 21 heavy (non-hydrogen) atoms. The van der Waals surface area contributed by atoms with Crippen molar-refractivity contribution in [3.05, 3.63) is 33.1 Å². The largest absolute Gasteiger partial charge is 0.367 e. The first-order valence-electron chi connectivity index (χ1n) is 6.42. The molecule has 10 heteroatoms. The lowest BCUT2D eigenvalue weighted by Crippen LogP contribution is -2.48. The minimum atomic E-state index is -3.14. The smallest absolute Gasteiger partial charge is 0.330 e. The van der Waals surface area contributed by atoms with E-state index in [4.69, 9.17) is 18.5 Å². The van der Waals surface area contributed by atoms with Crippen molar-refractivity contribution in [3.63, 3.8) is 0 Å². The molecule has 9 nitrogen and oxygen atoms in total. The lowest BCUT2D eigenvalue weighted by atomic mass is 10.0. The minimum Gasteiger partial charge on any atom is -0.367 e. The van der Waals surface area contributed by atoms with Crippen molar-refractivity contribution < 1.29 is 23.1 Å². The average Bonchev–Trinajstić information content (AvgIpc) is 2.90. The molecule has 3 saturated heterocycles. The molecule has 4 rings (SSSR count). The fourth-order valence-electron chi connectivity index (χ4n) is 2.97. The van der Waals surface area contributed by atoms with Crippen LogP contribution >= 0.6 is 7.60 Å². The first-order valence-corrected chi connectivity index (χ1v) is 8.41. The van der Waals surface area contributed by atoms with Crippen molar-refractivity contribution >= 4 is 7.60 Å². The highest BCUT2D eigenvalue weighted by molar-refractivity contribution is 7.53. The normalized spacial score (nSPS) is 44.7. The second-order valence-electron chi connectivity index (χ2n) is 5.44. The topological polar surface area (TPSA) is 109 Å². The van der Waals surface area contributed by atoms with Gasteiger partial charge in [-0.25, -0.2) is 4.79 Å². The molecule has 114 valence electrons. The number of hydrogen-bond acceptors (Lipinski definition) is 7. The van der Waals surface area contributed by atoms with E-state index < -0.39 is 42.9 Å². The van der Waals surface area contributed by atoms with E-state index in [1.54, 1.807) is 0 Å². The van der Waals surface area contributed by atoms with E-state index in [-0.39, 0.29) is 13.2 Å². The van der Waals surface area contributed by atoms with E-state index in [2.05, 4.69) is 4.98 Å². The summed E-state index contributed by atoms with van der Waals surface area (Å²) in [5.41, 5.74) is -1.96. The van der Waals surface area contributed by atoms with Crippen molar-refractivity contribution in [2.75, 3.05) is 19.9 Å². The third-order valence-corrected chi connectivity index (χ3v) is 5.16. The molecule has 3 aliphatic heterocycles. The van der Waals surface area contributed by atoms with E-state index >= 15 is 0 Å². The van der Waals surface area contributed by atoms with Gasteiger partial charge in [0.05, 0.1) is 13.2 Å². The standard InChI is InChI=1S/C11H13N2O7P/c1-21(16)18-5-11-4-17-7(8(11)20-21)9(19-11)13-3-2-6(14)12-10(13)15/h2-3,7-9H,4-5H2,1H3,(H,12,14,15)/t7-,8+,9-,11-,21?/m1/s1. The predicted octanol–water partition coefficient (Wildman–Crippen LogP) is -0.559. The Hall–Kier alpha value is -1.25. The molecule has 3 aliphatic rings. The van der Waals surface area contributed by atoms with Gasteiger partial charge in [0.15, 0.2) is 6.23 Å². The summed E-state index contributed by atoms with van der Waals surface area (Å²) in [7, 11) is -3.14. The SMILES string of the molecule is CP1(=O)OC[C@@]23CO[C@@H]([C@H](n4ccc(=O)[nH]c4=O)O2)[C@@H]3O1. The Morgan fingerprint density at radius 3 is 3.00 bits per heavy atom. The Kier molecular flexibility index (Phi) is 2.65. The molecule has 0 amide bonds. The number of ether oxygens (including phenoxy) is 2. The second kappa shape index (κ2) is 4.15. The number of H-pyrrole nitrogens is 1. The summed E-state index contributed by atoms with van der Waals surface area (Å²) in [5.74, 6) is 0. The fraction of sp³-hybridized carbons (Fsp3) is 0.636. The summed E-state index contributed by atoms with van der Waals surface area (Å²) < 4.78 is 35.4. The van der Waals surface area contributed by atoms with Gasteiger partial charge in [0.25, 0.3) is 5.56 Å². The van der Waals surface area contributed by atoms with Crippen LogP contribution in [0.5, 0.6) is 0 Å². The van der Waals surface area contributed by atoms with Gasteiger partial charge in [-0.2, -0.15) is 0 Å². The summed E-state index contributed by atoms with van der Waals surface area (Å²) in [6.07, 6.45) is -0.559. The Morgan fingerprint density at radius 2 is 2.24 bits per heavy atom. The highest BCUT2D eigenvalue weighted by Gasteiger charge is 2.66. The molecule has 0 saturated carbocycles. The van der Waals surface area contributed by atoms with E-state index in [0.717, 1.165) is 0 Å². The zero-order chi connectivity index (χ0) is 14.8. The zero-order valence-electron chi connectivity index (χ0n) is 11.1. The second-order valence-corrected chi connectivity index (χ2v) is 7.45. The summed E-state index contributed by atoms with van der Waals surface area (Å²) >= 11 is 0. The van der Waals surface area contributed by atoms with Crippen LogP contribution in [-0.4, -0.2) is 47.2 Å². The quantitative estimate of drug-likeness (QED) is 0.692. The van der Waals surface area contributed by atoms with E-state index in [9.17, 15) is 14.2 Å². The first-order chi connectivity index (χ1) is 9.90. The number of nitrogens with zero attached hydrogens (tertiary/aromatic N) is 1. The van der Waals surface area contributed by atoms with Gasteiger partial charge in [-0.15, -0.1) is 0 Å². The van der Waals surface area contributed by atoms with Crippen LogP contribution in [0.3, 0.4) is 0 Å². The van der Waals surface area contributed by atoms with Crippen LogP contribution in [0.4, 0.5) is 0 Å². The van der Waals surface area contributed by atoms with Gasteiger partial charge in [0.1, 0.15) is 17.8 Å². The molecule has 1 N–H and O–H groups in total. The van der Waals surface area contributed by atoms with Crippen LogP contribution in [0.25, 0.3) is 0 Å². The number of hydrogen-bond donors (Lipinski definition) is 1. The van der Waals surface area contributed by atoms with Crippen LogP contribution in [0.15, 0.2) is 21.9 Å². The molecule has 1 aromatic heterocycles. The third kappa shape index (κ3) is 1.89. The number of aromatic nitrogens is 2. The van der Waals surface area contributed by atoms with Crippen molar-refractivity contribution in [1.82, 2.24) is 9.55 Å². The minimum absolute atomic E-state index is 0.0799. The maximum absolute atomic E-state index is 12.0. The van der Waals surface area contributed by atoms with Crippen LogP contribution in [0.1, 0.15) is 6.23 Å². The fourth-order valence-corrected chi connectivity index (χ4v) is 4.21. The van der Waals surface area contributed by atoms with Gasteiger partial charge < -0.3 is 14.0 Å². The van der Waals surface area contributed by atoms with Crippen LogP contribution in [0, 0.1) is 0 Å². The monoisotopic (exact) mass is 316 g/mol. The highest BCUT2D eigenvalue weighted by atomic mass is 31.2. The van der Waals surface area contributed by atoms with Gasteiger partial charge in [-0.05, 0) is 0 Å². The number of aromatic amines is 1. The van der Waals surface area contributed by atoms with Crippen molar-refractivity contribution in [3.8, 4) is 0 Å². The van der Waals surface area contributed by atoms with Gasteiger partial charge in [0.2, 0.25) is 0 Å². The summed E-state index contributed by atoms with van der Waals surface area (Å²) in [6.45, 7) is 1.71.